The Bertz CT molecular complexity index is 763. The molecule has 1 heterocycles. The van der Waals surface area contributed by atoms with E-state index in [-0.39, 0.29) is 0 Å². The quantitative estimate of drug-likeness (QED) is 0.439. The highest BCUT2D eigenvalue weighted by atomic mass is 32.2. The monoisotopic (exact) mass is 442 g/mol. The molecule has 2 N–H and O–H groups in total. The van der Waals surface area contributed by atoms with Gasteiger partial charge in [-0.3, -0.25) is 0 Å². The van der Waals surface area contributed by atoms with Crippen LogP contribution in [0.1, 0.15) is 45.9 Å². The van der Waals surface area contributed by atoms with E-state index in [0.29, 0.717) is 6.54 Å². The molecule has 0 atom stereocenters. The molecule has 1 aromatic carbocycles. The Balaban J connectivity index is -0.000000408. The number of hydrogen-bond donors (Lipinski definition) is 2. The third kappa shape index (κ3) is 17.5. The van der Waals surface area contributed by atoms with Gasteiger partial charge in [-0.05, 0) is 61.1 Å². The van der Waals surface area contributed by atoms with Gasteiger partial charge >= 0.3 is 0 Å². The van der Waals surface area contributed by atoms with Crippen LogP contribution >= 0.6 is 11.8 Å². The third-order valence-corrected chi connectivity index (χ3v) is 4.12. The molecule has 0 spiro atoms. The molecule has 0 aliphatic heterocycles. The summed E-state index contributed by atoms with van der Waals surface area (Å²) in [5.41, 5.74) is 3.75. The van der Waals surface area contributed by atoms with Gasteiger partial charge in [-0.2, -0.15) is 0 Å². The van der Waals surface area contributed by atoms with Crippen molar-refractivity contribution in [2.24, 2.45) is 0 Å². The highest BCUT2D eigenvalue weighted by Gasteiger charge is 1.97. The van der Waals surface area contributed by atoms with Crippen LogP contribution in [-0.4, -0.2) is 13.8 Å². The molecule has 4 nitrogen and oxygen atoms in total. The van der Waals surface area contributed by atoms with Gasteiger partial charge in [0.1, 0.15) is 12.5 Å². The van der Waals surface area contributed by atoms with Gasteiger partial charge in [0.2, 0.25) is 0 Å². The van der Waals surface area contributed by atoms with Crippen LogP contribution in [-0.2, 0) is 11.3 Å². The number of carbonyl (C=O) groups excluding carboxylic acids is 1. The molecule has 170 valence electrons. The van der Waals surface area contributed by atoms with Gasteiger partial charge in [-0.25, -0.2) is 0 Å². The second-order valence-electron chi connectivity index (χ2n) is 5.46. The minimum absolute atomic E-state index is 0.673. The molecular formula is C26H38N2O2S. The Kier molecular flexibility index (Phi) is 24.3. The maximum atomic E-state index is 8.00. The number of allylic oxidation sites excluding steroid dienone is 3. The van der Waals surface area contributed by atoms with Gasteiger partial charge in [0, 0.05) is 12.7 Å². The topological polar surface area (TPSA) is 54.3 Å². The van der Waals surface area contributed by atoms with E-state index < -0.39 is 0 Å². The highest BCUT2D eigenvalue weighted by Crippen LogP contribution is 2.19. The molecule has 0 aliphatic rings. The number of carbonyl (C=O) groups is 1. The number of rotatable bonds is 7. The van der Waals surface area contributed by atoms with Gasteiger partial charge in [-0.15, -0.1) is 12.8 Å². The number of nitrogens with one attached hydrogen (secondary N) is 2. The van der Waals surface area contributed by atoms with Gasteiger partial charge in [0.05, 0.1) is 17.8 Å². The van der Waals surface area contributed by atoms with E-state index in [1.807, 2.05) is 46.7 Å². The zero-order chi connectivity index (χ0) is 24.7. The van der Waals surface area contributed by atoms with Crippen molar-refractivity contribution in [1.82, 2.24) is 5.32 Å². The summed E-state index contributed by atoms with van der Waals surface area (Å²) in [6.45, 7) is 20.4. The van der Waals surface area contributed by atoms with Gasteiger partial charge in [0.25, 0.3) is 0 Å². The summed E-state index contributed by atoms with van der Waals surface area (Å²) < 4.78 is 5.15. The number of terminal acetylenes is 1. The lowest BCUT2D eigenvalue weighted by molar-refractivity contribution is -0.0979. The van der Waals surface area contributed by atoms with Crippen molar-refractivity contribution >= 4 is 29.8 Å². The molecule has 0 saturated carbocycles. The number of hydrogen-bond acceptors (Lipinski definition) is 5. The van der Waals surface area contributed by atoms with Crippen LogP contribution in [0, 0.1) is 12.8 Å². The summed E-state index contributed by atoms with van der Waals surface area (Å²) in [6.07, 6.45) is 11.8. The number of thioether (sulfide) groups is 1. The minimum Gasteiger partial charge on any atom is -0.467 e. The number of furan rings is 1. The fraction of sp³-hybridized carbons (Fsp3) is 0.269. The van der Waals surface area contributed by atoms with E-state index in [0.717, 1.165) is 21.4 Å². The normalized spacial score (nSPS) is 8.84. The molecule has 31 heavy (non-hydrogen) atoms. The minimum atomic E-state index is 0.673. The van der Waals surface area contributed by atoms with E-state index in [9.17, 15) is 0 Å². The van der Waals surface area contributed by atoms with Crippen LogP contribution < -0.4 is 10.6 Å². The zero-order valence-corrected chi connectivity index (χ0v) is 20.6. The summed E-state index contributed by atoms with van der Waals surface area (Å²) in [5, 5.41) is 7.14. The molecule has 0 unspecified atom stereocenters. The first kappa shape index (κ1) is 32.6. The van der Waals surface area contributed by atoms with E-state index >= 15 is 0 Å². The Morgan fingerprint density at radius 3 is 2.19 bits per heavy atom. The van der Waals surface area contributed by atoms with Crippen molar-refractivity contribution in [3.8, 4) is 12.8 Å². The summed E-state index contributed by atoms with van der Waals surface area (Å²) >= 11 is 1.53. The van der Waals surface area contributed by atoms with Crippen LogP contribution in [0.4, 0.5) is 5.69 Å². The average Bonchev–Trinajstić information content (AvgIpc) is 3.35. The standard InChI is InChI=1S/C11H15N.C10H13NOS.C2H6.C2H2.CH2O/c1-4-9(2)10-6-5-7-11(8-10)12-3;1-8(2)13-9(3)11-7-10-5-4-6-12-10;3*1-2/h4-8,12H,1-3H3;4-6,11H,1,3,7H2,2H3;1-2H3;1-2H;1H2/b9-4+;;;;. The molecule has 2 aromatic rings. The van der Waals surface area contributed by atoms with Crippen LogP contribution in [0.3, 0.4) is 0 Å². The van der Waals surface area contributed by atoms with Crippen molar-refractivity contribution < 1.29 is 9.21 Å². The smallest absolute Gasteiger partial charge is 0.122 e. The molecule has 0 aliphatic carbocycles. The summed E-state index contributed by atoms with van der Waals surface area (Å²) in [5.74, 6) is 0.906. The summed E-state index contributed by atoms with van der Waals surface area (Å²) in [7, 11) is 1.93. The van der Waals surface area contributed by atoms with Crippen LogP contribution in [0.15, 0.2) is 76.2 Å². The Morgan fingerprint density at radius 1 is 1.13 bits per heavy atom. The first-order valence-electron chi connectivity index (χ1n) is 9.78. The predicted octanol–water partition coefficient (Wildman–Crippen LogP) is 7.35. The van der Waals surface area contributed by atoms with Crippen LogP contribution in [0.2, 0.25) is 0 Å². The fourth-order valence-corrected chi connectivity index (χ4v) is 2.50. The largest absolute Gasteiger partial charge is 0.467 e. The molecule has 0 saturated heterocycles. The summed E-state index contributed by atoms with van der Waals surface area (Å²) in [4.78, 5) is 9.02. The second kappa shape index (κ2) is 23.2. The Morgan fingerprint density at radius 2 is 1.74 bits per heavy atom. The maximum absolute atomic E-state index is 8.00. The average molecular weight is 443 g/mol. The Labute approximate surface area is 193 Å². The molecular weight excluding hydrogens is 404 g/mol. The maximum Gasteiger partial charge on any atom is 0.122 e. The van der Waals surface area contributed by atoms with E-state index in [1.165, 1.54) is 22.9 Å². The lowest BCUT2D eigenvalue weighted by Gasteiger charge is -2.06. The SMILES string of the molecule is C#C.C/C=C(\C)c1cccc(NC)c1.C=C(C)SC(=C)NCc1ccco1.C=O.CC. The summed E-state index contributed by atoms with van der Waals surface area (Å²) in [6, 6.07) is 12.2. The van der Waals surface area contributed by atoms with Crippen LogP contribution in [0.25, 0.3) is 5.57 Å². The lowest BCUT2D eigenvalue weighted by Crippen LogP contribution is -2.08. The third-order valence-electron chi connectivity index (χ3n) is 3.38. The van der Waals surface area contributed by atoms with E-state index in [4.69, 9.17) is 9.21 Å². The van der Waals surface area contributed by atoms with Gasteiger partial charge < -0.3 is 19.8 Å². The first-order chi connectivity index (χ1) is 15.0. The van der Waals surface area contributed by atoms with E-state index in [2.05, 4.69) is 80.8 Å². The number of benzene rings is 1. The Hall–Kier alpha value is -3.10. The molecule has 2 rings (SSSR count). The predicted molar refractivity (Wildman–Crippen MR) is 141 cm³/mol. The highest BCUT2D eigenvalue weighted by molar-refractivity contribution is 8.06. The first-order valence-corrected chi connectivity index (χ1v) is 10.6. The van der Waals surface area contributed by atoms with Crippen molar-refractivity contribution in [2.45, 2.75) is 41.2 Å². The molecule has 0 bridgehead atoms. The van der Waals surface area contributed by atoms with Crippen molar-refractivity contribution in [2.75, 3.05) is 12.4 Å². The molecule has 1 aromatic heterocycles. The van der Waals surface area contributed by atoms with Gasteiger partial charge in [0.15, 0.2) is 0 Å². The molecule has 0 amide bonds. The lowest BCUT2D eigenvalue weighted by atomic mass is 10.1. The van der Waals surface area contributed by atoms with E-state index in [1.54, 1.807) is 6.26 Å². The second-order valence-corrected chi connectivity index (χ2v) is 6.86. The fourth-order valence-electron chi connectivity index (χ4n) is 1.93. The van der Waals surface area contributed by atoms with Gasteiger partial charge in [-0.1, -0.05) is 57.0 Å². The van der Waals surface area contributed by atoms with Crippen molar-refractivity contribution in [3.05, 3.63) is 83.2 Å². The molecule has 0 fully saturated rings. The zero-order valence-electron chi connectivity index (χ0n) is 19.8. The van der Waals surface area contributed by atoms with Crippen molar-refractivity contribution in [1.29, 1.82) is 0 Å². The molecule has 0 radical (unpaired) electrons. The van der Waals surface area contributed by atoms with Crippen molar-refractivity contribution in [3.63, 3.8) is 0 Å². The molecule has 5 heteroatoms. The number of anilines is 1. The van der Waals surface area contributed by atoms with Crippen LogP contribution in [0.5, 0.6) is 0 Å².